The summed E-state index contributed by atoms with van der Waals surface area (Å²) in [6.07, 6.45) is 3.61. The van der Waals surface area contributed by atoms with E-state index in [1.807, 2.05) is 27.7 Å². The number of likely N-dealkylation sites (tertiary alicyclic amines) is 1. The van der Waals surface area contributed by atoms with Gasteiger partial charge in [-0.2, -0.15) is 0 Å². The average Bonchev–Trinajstić information content (AvgIpc) is 3.39. The van der Waals surface area contributed by atoms with E-state index >= 15 is 0 Å². The van der Waals surface area contributed by atoms with E-state index in [-0.39, 0.29) is 18.2 Å². The highest BCUT2D eigenvalue weighted by Gasteiger charge is 2.30. The maximum atomic E-state index is 12.3. The summed E-state index contributed by atoms with van der Waals surface area (Å²) in [5.74, 6) is 1.79. The highest BCUT2D eigenvalue weighted by molar-refractivity contribution is 7.15. The minimum atomic E-state index is -0.462. The second kappa shape index (κ2) is 11.4. The largest absolute Gasteiger partial charge is 0.444 e. The van der Waals surface area contributed by atoms with E-state index in [0.29, 0.717) is 13.1 Å². The van der Waals surface area contributed by atoms with Crippen LogP contribution in [0.25, 0.3) is 5.00 Å². The zero-order valence-electron chi connectivity index (χ0n) is 24.8. The molecular formula is C31H41N5O3S. The summed E-state index contributed by atoms with van der Waals surface area (Å²) < 4.78 is 13.8. The smallest absolute Gasteiger partial charge is 0.410 e. The van der Waals surface area contributed by atoms with Crippen LogP contribution in [0.5, 0.6) is 0 Å². The lowest BCUT2D eigenvalue weighted by Gasteiger charge is -2.33. The third kappa shape index (κ3) is 6.00. The molecule has 0 spiro atoms. The molecule has 5 rings (SSSR count). The molecule has 1 saturated heterocycles. The van der Waals surface area contributed by atoms with Crippen LogP contribution in [0, 0.1) is 20.8 Å². The SMILES string of the molecule is Cc1sc2c(c1C)C(c1ccc(CCCOC3CCN(C(=O)OC(C)(C)C)CC3)cc1)=N[C@@H](C)c1nnc(C)n1-2. The van der Waals surface area contributed by atoms with Crippen LogP contribution in [0.2, 0.25) is 0 Å². The Hall–Kier alpha value is -3.04. The van der Waals surface area contributed by atoms with Crippen LogP contribution in [0.1, 0.15) is 91.8 Å². The van der Waals surface area contributed by atoms with Gasteiger partial charge in [0.25, 0.3) is 0 Å². The molecule has 2 aliphatic rings. The summed E-state index contributed by atoms with van der Waals surface area (Å²) in [6, 6.07) is 8.74. The first-order valence-electron chi connectivity index (χ1n) is 14.3. The van der Waals surface area contributed by atoms with Crippen molar-refractivity contribution in [3.05, 3.63) is 63.0 Å². The van der Waals surface area contributed by atoms with E-state index in [1.165, 1.54) is 21.6 Å². The Bertz CT molecular complexity index is 1390. The fraction of sp³-hybridized carbons (Fsp3) is 0.548. The number of aryl methyl sites for hydroxylation is 3. The molecule has 4 heterocycles. The van der Waals surface area contributed by atoms with Crippen molar-refractivity contribution in [2.45, 2.75) is 91.9 Å². The summed E-state index contributed by atoms with van der Waals surface area (Å²) in [4.78, 5) is 20.5. The first-order valence-corrected chi connectivity index (χ1v) is 15.1. The molecule has 1 atom stereocenters. The van der Waals surface area contributed by atoms with Crippen LogP contribution in [0.15, 0.2) is 29.3 Å². The van der Waals surface area contributed by atoms with Crippen molar-refractivity contribution in [1.29, 1.82) is 0 Å². The predicted octanol–water partition coefficient (Wildman–Crippen LogP) is 6.51. The lowest BCUT2D eigenvalue weighted by Crippen LogP contribution is -2.43. The van der Waals surface area contributed by atoms with E-state index in [0.717, 1.165) is 60.2 Å². The molecule has 0 aliphatic carbocycles. The number of fused-ring (bicyclic) bond motifs is 3. The van der Waals surface area contributed by atoms with Crippen molar-refractivity contribution >= 4 is 23.1 Å². The van der Waals surface area contributed by atoms with Gasteiger partial charge in [-0.05, 0) is 85.3 Å². The Morgan fingerprint density at radius 3 is 2.45 bits per heavy atom. The Balaban J connectivity index is 1.17. The highest BCUT2D eigenvalue weighted by Crippen LogP contribution is 2.38. The molecule has 0 N–H and O–H groups in total. The van der Waals surface area contributed by atoms with Gasteiger partial charge in [-0.1, -0.05) is 24.3 Å². The van der Waals surface area contributed by atoms with Crippen molar-refractivity contribution in [3.8, 4) is 5.00 Å². The molecule has 0 bridgehead atoms. The molecule has 2 aromatic heterocycles. The molecule has 2 aliphatic heterocycles. The normalized spacial score (nSPS) is 17.7. The number of carbonyl (C=O) groups excluding carboxylic acids is 1. The third-order valence-corrected chi connectivity index (χ3v) is 8.83. The molecule has 0 unspecified atom stereocenters. The number of hydrogen-bond acceptors (Lipinski definition) is 7. The number of nitrogens with zero attached hydrogens (tertiary/aromatic N) is 5. The number of aliphatic imine (C=N–C) groups is 1. The molecule has 3 aromatic rings. The summed E-state index contributed by atoms with van der Waals surface area (Å²) in [6.45, 7) is 16.2. The summed E-state index contributed by atoms with van der Waals surface area (Å²) >= 11 is 1.79. The van der Waals surface area contributed by atoms with Crippen molar-refractivity contribution < 1.29 is 14.3 Å². The Kier molecular flexibility index (Phi) is 8.15. The lowest BCUT2D eigenvalue weighted by atomic mass is 9.98. The monoisotopic (exact) mass is 563 g/mol. The maximum Gasteiger partial charge on any atom is 0.410 e. The van der Waals surface area contributed by atoms with Crippen LogP contribution in [-0.4, -0.2) is 62.9 Å². The molecule has 1 fully saturated rings. The maximum absolute atomic E-state index is 12.3. The van der Waals surface area contributed by atoms with Gasteiger partial charge in [-0.15, -0.1) is 21.5 Å². The van der Waals surface area contributed by atoms with Crippen LogP contribution >= 0.6 is 11.3 Å². The van der Waals surface area contributed by atoms with Crippen LogP contribution in [-0.2, 0) is 15.9 Å². The van der Waals surface area contributed by atoms with Gasteiger partial charge in [0.05, 0.1) is 11.8 Å². The van der Waals surface area contributed by atoms with E-state index in [2.05, 4.69) is 59.8 Å². The minimum absolute atomic E-state index is 0.0802. The number of ether oxygens (including phenoxy) is 2. The molecule has 9 heteroatoms. The number of amides is 1. The standard InChI is InChI=1S/C31H41N5O3S/c1-19-21(3)40-29-26(19)27(32-20(2)28-34-33-22(4)36(28)29)24-12-10-23(11-13-24)9-8-18-38-25-14-16-35(17-15-25)30(37)39-31(5,6)7/h10-13,20,25H,8-9,14-18H2,1-7H3/t20-/m0/s1. The second-order valence-electron chi connectivity index (χ2n) is 11.9. The van der Waals surface area contributed by atoms with Crippen LogP contribution < -0.4 is 0 Å². The first kappa shape index (κ1) is 28.5. The van der Waals surface area contributed by atoms with Crippen molar-refractivity contribution in [2.75, 3.05) is 19.7 Å². The van der Waals surface area contributed by atoms with Gasteiger partial charge in [0, 0.05) is 35.7 Å². The summed E-state index contributed by atoms with van der Waals surface area (Å²) in [5, 5.41) is 9.96. The Labute approximate surface area is 241 Å². The molecule has 8 nitrogen and oxygen atoms in total. The fourth-order valence-electron chi connectivity index (χ4n) is 5.37. The van der Waals surface area contributed by atoms with Gasteiger partial charge in [0.1, 0.15) is 22.5 Å². The zero-order chi connectivity index (χ0) is 28.6. The Morgan fingerprint density at radius 2 is 1.77 bits per heavy atom. The molecule has 0 saturated carbocycles. The number of carbonyl (C=O) groups is 1. The predicted molar refractivity (Wildman–Crippen MR) is 159 cm³/mol. The molecule has 0 radical (unpaired) electrons. The van der Waals surface area contributed by atoms with E-state index in [4.69, 9.17) is 14.5 Å². The number of benzene rings is 1. The van der Waals surface area contributed by atoms with Crippen molar-refractivity contribution in [1.82, 2.24) is 19.7 Å². The topological polar surface area (TPSA) is 81.8 Å². The molecular weight excluding hydrogens is 522 g/mol. The van der Waals surface area contributed by atoms with E-state index in [9.17, 15) is 4.79 Å². The van der Waals surface area contributed by atoms with Gasteiger partial charge in [-0.25, -0.2) is 4.79 Å². The number of thiophene rings is 1. The quantitative estimate of drug-likeness (QED) is 0.319. The number of aromatic nitrogens is 3. The van der Waals surface area contributed by atoms with Gasteiger partial charge in [0.15, 0.2) is 5.82 Å². The second-order valence-corrected chi connectivity index (χ2v) is 13.1. The van der Waals surface area contributed by atoms with Crippen LogP contribution in [0.3, 0.4) is 0 Å². The zero-order valence-corrected chi connectivity index (χ0v) is 25.6. The fourth-order valence-corrected chi connectivity index (χ4v) is 6.58. The van der Waals surface area contributed by atoms with Crippen LogP contribution in [0.4, 0.5) is 4.79 Å². The van der Waals surface area contributed by atoms with E-state index < -0.39 is 5.60 Å². The molecule has 1 aromatic carbocycles. The molecule has 1 amide bonds. The van der Waals surface area contributed by atoms with Gasteiger partial charge < -0.3 is 14.4 Å². The lowest BCUT2D eigenvalue weighted by molar-refractivity contribution is -0.0117. The molecule has 214 valence electrons. The first-order chi connectivity index (χ1) is 19.0. The third-order valence-electron chi connectivity index (χ3n) is 7.64. The summed E-state index contributed by atoms with van der Waals surface area (Å²) in [7, 11) is 0. The summed E-state index contributed by atoms with van der Waals surface area (Å²) in [5.41, 5.74) is 5.44. The average molecular weight is 564 g/mol. The Morgan fingerprint density at radius 1 is 1.07 bits per heavy atom. The van der Waals surface area contributed by atoms with Crippen molar-refractivity contribution in [3.63, 3.8) is 0 Å². The van der Waals surface area contributed by atoms with Crippen molar-refractivity contribution in [2.24, 2.45) is 4.99 Å². The van der Waals surface area contributed by atoms with Gasteiger partial charge in [-0.3, -0.25) is 9.56 Å². The molecule has 40 heavy (non-hydrogen) atoms. The highest BCUT2D eigenvalue weighted by atomic mass is 32.1. The van der Waals surface area contributed by atoms with Gasteiger partial charge >= 0.3 is 6.09 Å². The number of rotatable bonds is 6. The number of hydrogen-bond donors (Lipinski definition) is 0. The van der Waals surface area contributed by atoms with Gasteiger partial charge in [0.2, 0.25) is 0 Å². The van der Waals surface area contributed by atoms with E-state index in [1.54, 1.807) is 16.2 Å². The number of piperidine rings is 1. The minimum Gasteiger partial charge on any atom is -0.444 e.